The van der Waals surface area contributed by atoms with Crippen LogP contribution in [0.4, 0.5) is 0 Å². The van der Waals surface area contributed by atoms with Crippen LogP contribution in [0.2, 0.25) is 0 Å². The number of ketones is 3. The fourth-order valence-corrected chi connectivity index (χ4v) is 1.50. The average molecular weight is 206 g/mol. The third kappa shape index (κ3) is 1.17. The van der Waals surface area contributed by atoms with Crippen molar-refractivity contribution in [2.45, 2.75) is 6.10 Å². The van der Waals surface area contributed by atoms with Gasteiger partial charge in [0, 0.05) is 5.56 Å². The maximum absolute atomic E-state index is 11.4. The third-order valence-corrected chi connectivity index (χ3v) is 2.26. The lowest BCUT2D eigenvalue weighted by molar-refractivity contribution is -0.120. The summed E-state index contributed by atoms with van der Waals surface area (Å²) in [5.41, 5.74) is -0.440. The van der Waals surface area contributed by atoms with Crippen molar-refractivity contribution in [1.29, 1.82) is 0 Å². The van der Waals surface area contributed by atoms with Crippen LogP contribution in [0.3, 0.4) is 0 Å². The van der Waals surface area contributed by atoms with Crippen molar-refractivity contribution in [3.63, 3.8) is 0 Å². The Morgan fingerprint density at radius 3 is 2.40 bits per heavy atom. The van der Waals surface area contributed by atoms with Crippen LogP contribution in [-0.4, -0.2) is 33.7 Å². The van der Waals surface area contributed by atoms with Gasteiger partial charge in [0.1, 0.15) is 5.75 Å². The van der Waals surface area contributed by atoms with Crippen LogP contribution in [0.15, 0.2) is 18.2 Å². The van der Waals surface area contributed by atoms with Crippen LogP contribution in [0.25, 0.3) is 0 Å². The molecule has 76 valence electrons. The Morgan fingerprint density at radius 2 is 1.73 bits per heavy atom. The molecule has 1 unspecified atom stereocenters. The van der Waals surface area contributed by atoms with E-state index in [4.69, 9.17) is 5.11 Å². The fourth-order valence-electron chi connectivity index (χ4n) is 1.50. The lowest BCUT2D eigenvalue weighted by atomic mass is 9.86. The van der Waals surface area contributed by atoms with Gasteiger partial charge < -0.3 is 10.2 Å². The molecule has 0 bridgehead atoms. The van der Waals surface area contributed by atoms with Gasteiger partial charge in [0.25, 0.3) is 0 Å². The molecule has 2 rings (SSSR count). The van der Waals surface area contributed by atoms with E-state index in [-0.39, 0.29) is 11.1 Å². The Kier molecular flexibility index (Phi) is 1.90. The van der Waals surface area contributed by atoms with Crippen molar-refractivity contribution in [3.8, 4) is 5.75 Å². The van der Waals surface area contributed by atoms with Crippen LogP contribution in [0.1, 0.15) is 20.7 Å². The van der Waals surface area contributed by atoms with Crippen LogP contribution in [0.5, 0.6) is 5.75 Å². The molecule has 0 spiro atoms. The van der Waals surface area contributed by atoms with E-state index >= 15 is 0 Å². The first-order valence-corrected chi connectivity index (χ1v) is 4.17. The van der Waals surface area contributed by atoms with Gasteiger partial charge in [0.05, 0.1) is 5.56 Å². The molecule has 1 atom stereocenters. The monoisotopic (exact) mass is 206 g/mol. The minimum Gasteiger partial charge on any atom is -0.507 e. The first-order valence-electron chi connectivity index (χ1n) is 4.17. The molecule has 5 nitrogen and oxygen atoms in total. The highest BCUT2D eigenvalue weighted by Crippen LogP contribution is 2.27. The van der Waals surface area contributed by atoms with Gasteiger partial charge in [-0.25, -0.2) is 0 Å². The molecular weight excluding hydrogens is 200 g/mol. The Hall–Kier alpha value is -2.01. The minimum atomic E-state index is -1.94. The van der Waals surface area contributed by atoms with Crippen molar-refractivity contribution in [3.05, 3.63) is 29.3 Å². The maximum Gasteiger partial charge on any atom is 0.239 e. The Morgan fingerprint density at radius 1 is 1.07 bits per heavy atom. The maximum atomic E-state index is 11.4. The third-order valence-electron chi connectivity index (χ3n) is 2.26. The molecule has 0 aromatic heterocycles. The van der Waals surface area contributed by atoms with Gasteiger partial charge in [-0.1, -0.05) is 12.1 Å². The average Bonchev–Trinajstić information content (AvgIpc) is 2.23. The van der Waals surface area contributed by atoms with E-state index in [1.807, 2.05) is 0 Å². The molecule has 0 aliphatic heterocycles. The van der Waals surface area contributed by atoms with Crippen LogP contribution < -0.4 is 0 Å². The van der Waals surface area contributed by atoms with E-state index in [1.54, 1.807) is 0 Å². The molecule has 1 aliphatic carbocycles. The van der Waals surface area contributed by atoms with Gasteiger partial charge in [-0.15, -0.1) is 0 Å². The highest BCUT2D eigenvalue weighted by Gasteiger charge is 2.40. The molecule has 0 saturated heterocycles. The van der Waals surface area contributed by atoms with E-state index in [0.717, 1.165) is 0 Å². The Labute approximate surface area is 84.0 Å². The quantitative estimate of drug-likeness (QED) is 0.449. The highest BCUT2D eigenvalue weighted by atomic mass is 16.3. The highest BCUT2D eigenvalue weighted by molar-refractivity contribution is 6.53. The summed E-state index contributed by atoms with van der Waals surface area (Å²) in [5, 5.41) is 18.5. The number of hydrogen-bond acceptors (Lipinski definition) is 5. The molecule has 5 heteroatoms. The smallest absolute Gasteiger partial charge is 0.239 e. The number of benzene rings is 1. The predicted molar refractivity (Wildman–Crippen MR) is 47.8 cm³/mol. The molecule has 0 radical (unpaired) electrons. The summed E-state index contributed by atoms with van der Waals surface area (Å²) in [6.45, 7) is 0. The number of fused-ring (bicyclic) bond motifs is 1. The number of phenols is 1. The van der Waals surface area contributed by atoms with Crippen LogP contribution in [-0.2, 0) is 4.79 Å². The Bertz CT molecular complexity index is 489. The predicted octanol–water partition coefficient (Wildman–Crippen LogP) is -0.299. The van der Waals surface area contributed by atoms with Crippen molar-refractivity contribution in [2.24, 2.45) is 0 Å². The molecule has 15 heavy (non-hydrogen) atoms. The summed E-state index contributed by atoms with van der Waals surface area (Å²) in [6.07, 6.45) is -1.94. The van der Waals surface area contributed by atoms with Gasteiger partial charge in [0.2, 0.25) is 11.6 Å². The van der Waals surface area contributed by atoms with E-state index in [0.29, 0.717) is 0 Å². The molecular formula is C10H6O5. The number of aliphatic hydroxyl groups excluding tert-OH is 1. The molecule has 1 aromatic rings. The summed E-state index contributed by atoms with van der Waals surface area (Å²) in [7, 11) is 0. The van der Waals surface area contributed by atoms with Gasteiger partial charge in [-0.2, -0.15) is 0 Å². The molecule has 0 heterocycles. The standard InChI is InChI=1S/C10H6O5/c11-5-3-1-2-4-6(5)8(13)10(15)9(14)7(4)12/h1-3,9,11,14H. The fraction of sp³-hybridized carbons (Fsp3) is 0.100. The van der Waals surface area contributed by atoms with Crippen molar-refractivity contribution in [1.82, 2.24) is 0 Å². The number of rotatable bonds is 0. The first kappa shape index (κ1) is 9.54. The zero-order valence-corrected chi connectivity index (χ0v) is 7.43. The number of aliphatic hydroxyl groups is 1. The number of aromatic hydroxyl groups is 1. The summed E-state index contributed by atoms with van der Waals surface area (Å²) >= 11 is 0. The second kappa shape index (κ2) is 2.99. The van der Waals surface area contributed by atoms with E-state index in [2.05, 4.69) is 0 Å². The topological polar surface area (TPSA) is 91.7 Å². The van der Waals surface area contributed by atoms with E-state index in [9.17, 15) is 19.5 Å². The van der Waals surface area contributed by atoms with Gasteiger partial charge in [-0.05, 0) is 6.07 Å². The number of carbonyl (C=O) groups is 3. The van der Waals surface area contributed by atoms with Gasteiger partial charge >= 0.3 is 0 Å². The van der Waals surface area contributed by atoms with Crippen molar-refractivity contribution < 1.29 is 24.6 Å². The second-order valence-electron chi connectivity index (χ2n) is 3.16. The van der Waals surface area contributed by atoms with Crippen molar-refractivity contribution in [2.75, 3.05) is 0 Å². The molecule has 1 aliphatic rings. The molecule has 0 saturated carbocycles. The lowest BCUT2D eigenvalue weighted by Gasteiger charge is -2.17. The summed E-state index contributed by atoms with van der Waals surface area (Å²) in [4.78, 5) is 33.9. The van der Waals surface area contributed by atoms with Crippen LogP contribution >= 0.6 is 0 Å². The summed E-state index contributed by atoms with van der Waals surface area (Å²) in [6, 6.07) is 3.85. The van der Waals surface area contributed by atoms with E-state index < -0.39 is 29.2 Å². The largest absolute Gasteiger partial charge is 0.507 e. The number of Topliss-reactive ketones (excluding diaryl/α,β-unsaturated/α-hetero) is 3. The first-order chi connectivity index (χ1) is 7.04. The van der Waals surface area contributed by atoms with Gasteiger partial charge in [0.15, 0.2) is 11.9 Å². The molecule has 1 aromatic carbocycles. The Balaban J connectivity index is 2.75. The normalized spacial score (nSPS) is 20.3. The molecule has 0 amide bonds. The summed E-state index contributed by atoms with van der Waals surface area (Å²) < 4.78 is 0. The zero-order chi connectivity index (χ0) is 11.2. The number of carbonyl (C=O) groups excluding carboxylic acids is 3. The van der Waals surface area contributed by atoms with Crippen molar-refractivity contribution >= 4 is 17.3 Å². The second-order valence-corrected chi connectivity index (χ2v) is 3.16. The zero-order valence-electron chi connectivity index (χ0n) is 7.43. The summed E-state index contributed by atoms with van der Waals surface area (Å²) in [5.74, 6) is -3.51. The minimum absolute atomic E-state index is 0.118. The number of phenolic OH excluding ortho intramolecular Hbond substituents is 1. The SMILES string of the molecule is O=C1C(=O)C(O)C(=O)c2cccc(O)c21. The lowest BCUT2D eigenvalue weighted by Crippen LogP contribution is -2.41. The van der Waals surface area contributed by atoms with E-state index in [1.165, 1.54) is 18.2 Å². The molecule has 0 fully saturated rings. The number of hydrogen-bond donors (Lipinski definition) is 2. The van der Waals surface area contributed by atoms with Gasteiger partial charge in [-0.3, -0.25) is 14.4 Å². The molecule has 2 N–H and O–H groups in total. The van der Waals surface area contributed by atoms with Crippen LogP contribution in [0, 0.1) is 0 Å².